The van der Waals surface area contributed by atoms with Crippen molar-refractivity contribution in [3.63, 3.8) is 0 Å². The maximum absolute atomic E-state index is 16.2. The van der Waals surface area contributed by atoms with Gasteiger partial charge in [0.25, 0.3) is 0 Å². The molecular weight excluding hydrogens is 526 g/mol. The maximum atomic E-state index is 16.2. The van der Waals surface area contributed by atoms with Gasteiger partial charge in [0.05, 0.1) is 22.5 Å². The van der Waals surface area contributed by atoms with Gasteiger partial charge in [0.2, 0.25) is 5.95 Å². The number of benzene rings is 2. The molecule has 2 fully saturated rings. The van der Waals surface area contributed by atoms with Crippen LogP contribution in [0.15, 0.2) is 36.5 Å². The molecule has 1 amide bonds. The number of aromatic nitrogens is 3. The van der Waals surface area contributed by atoms with Crippen LogP contribution in [0.1, 0.15) is 27.2 Å². The topological polar surface area (TPSA) is 83.5 Å². The van der Waals surface area contributed by atoms with Crippen molar-refractivity contribution < 1.29 is 18.3 Å². The largest absolute Gasteiger partial charge is 0.444 e. The van der Waals surface area contributed by atoms with Crippen LogP contribution in [-0.4, -0.2) is 63.8 Å². The van der Waals surface area contributed by atoms with Gasteiger partial charge in [0.15, 0.2) is 5.82 Å². The van der Waals surface area contributed by atoms with Gasteiger partial charge < -0.3 is 19.9 Å². The van der Waals surface area contributed by atoms with E-state index in [-0.39, 0.29) is 40.4 Å². The average molecular weight is 553 g/mol. The van der Waals surface area contributed by atoms with Crippen LogP contribution in [-0.2, 0) is 4.74 Å². The van der Waals surface area contributed by atoms with Crippen molar-refractivity contribution in [3.8, 4) is 11.3 Å². The number of hydrogen-bond acceptors (Lipinski definition) is 7. The third-order valence-corrected chi connectivity index (χ3v) is 7.64. The molecule has 11 heteroatoms. The van der Waals surface area contributed by atoms with E-state index < -0.39 is 17.2 Å². The molecule has 0 spiro atoms. The number of rotatable bonds is 3. The SMILES string of the molecule is CNc1nc(N2C[C@@H]3[C@H]2CCN3C(=O)OC(C)(C)C)c2cnc(-c3cccc4ccc(F)c(Cl)c34)c(F)c2n1. The van der Waals surface area contributed by atoms with Crippen molar-refractivity contribution in [3.05, 3.63) is 53.2 Å². The minimum absolute atomic E-state index is 0.0166. The molecule has 2 aromatic heterocycles. The summed E-state index contributed by atoms with van der Waals surface area (Å²) in [5, 5.41) is 4.32. The lowest BCUT2D eigenvalue weighted by molar-refractivity contribution is 0.0193. The minimum atomic E-state index is -0.653. The van der Waals surface area contributed by atoms with E-state index in [0.29, 0.717) is 40.6 Å². The van der Waals surface area contributed by atoms with Gasteiger partial charge in [-0.1, -0.05) is 35.9 Å². The fourth-order valence-corrected chi connectivity index (χ4v) is 5.75. The van der Waals surface area contributed by atoms with E-state index in [9.17, 15) is 9.18 Å². The highest BCUT2D eigenvalue weighted by Crippen LogP contribution is 2.41. The highest BCUT2D eigenvalue weighted by Gasteiger charge is 2.50. The molecule has 4 heterocycles. The summed E-state index contributed by atoms with van der Waals surface area (Å²) in [4.78, 5) is 30.1. The van der Waals surface area contributed by atoms with E-state index in [2.05, 4.69) is 25.2 Å². The van der Waals surface area contributed by atoms with E-state index in [1.165, 1.54) is 6.07 Å². The zero-order valence-electron chi connectivity index (χ0n) is 21.9. The Bertz CT molecular complexity index is 1640. The van der Waals surface area contributed by atoms with Gasteiger partial charge in [-0.3, -0.25) is 4.98 Å². The summed E-state index contributed by atoms with van der Waals surface area (Å²) in [6.45, 7) is 6.63. The van der Waals surface area contributed by atoms with E-state index in [4.69, 9.17) is 16.3 Å². The van der Waals surface area contributed by atoms with E-state index in [0.717, 1.165) is 6.42 Å². The highest BCUT2D eigenvalue weighted by molar-refractivity contribution is 6.36. The van der Waals surface area contributed by atoms with Gasteiger partial charge >= 0.3 is 6.09 Å². The van der Waals surface area contributed by atoms with Crippen LogP contribution in [0.5, 0.6) is 0 Å². The number of ether oxygens (including phenoxy) is 1. The molecule has 2 aromatic carbocycles. The Labute approximate surface area is 228 Å². The monoisotopic (exact) mass is 552 g/mol. The fourth-order valence-electron chi connectivity index (χ4n) is 5.48. The first-order valence-corrected chi connectivity index (χ1v) is 13.1. The van der Waals surface area contributed by atoms with E-state index in [1.54, 1.807) is 42.4 Å². The maximum Gasteiger partial charge on any atom is 0.410 e. The van der Waals surface area contributed by atoms with Crippen molar-refractivity contribution in [1.29, 1.82) is 0 Å². The Morgan fingerprint density at radius 2 is 1.95 bits per heavy atom. The van der Waals surface area contributed by atoms with Gasteiger partial charge in [-0.2, -0.15) is 4.98 Å². The lowest BCUT2D eigenvalue weighted by Gasteiger charge is -2.47. The van der Waals surface area contributed by atoms with Crippen LogP contribution in [0.3, 0.4) is 0 Å². The van der Waals surface area contributed by atoms with Crippen LogP contribution >= 0.6 is 11.6 Å². The Morgan fingerprint density at radius 3 is 2.69 bits per heavy atom. The molecule has 2 atom stereocenters. The molecule has 6 rings (SSSR count). The number of amides is 1. The highest BCUT2D eigenvalue weighted by atomic mass is 35.5. The Morgan fingerprint density at radius 1 is 1.15 bits per heavy atom. The Hall–Kier alpha value is -3.79. The Kier molecular flexibility index (Phi) is 5.98. The number of pyridine rings is 1. The molecule has 2 aliphatic heterocycles. The molecule has 2 saturated heterocycles. The summed E-state index contributed by atoms with van der Waals surface area (Å²) in [6.07, 6.45) is 1.95. The number of carbonyl (C=O) groups is 1. The number of nitrogens with zero attached hydrogens (tertiary/aromatic N) is 5. The van der Waals surface area contributed by atoms with Crippen LogP contribution < -0.4 is 10.2 Å². The number of halogens is 3. The van der Waals surface area contributed by atoms with Crippen LogP contribution in [0, 0.1) is 11.6 Å². The fraction of sp³-hybridized carbons (Fsp3) is 0.357. The molecule has 1 N–H and O–H groups in total. The molecule has 0 bridgehead atoms. The van der Waals surface area contributed by atoms with E-state index >= 15 is 4.39 Å². The standard InChI is InChI=1S/C28H27ClF2N6O2/c1-28(2,3)39-27(38)36-11-10-18-19(36)13-37(18)25-16-12-33-23(22(31)24(16)34-26(32-4)35-25)15-7-5-6-14-8-9-17(30)21(29)20(14)15/h5-9,12,18-19H,10-11,13H2,1-4H3,(H,32,34,35)/t18-,19-/m1/s1. The quantitative estimate of drug-likeness (QED) is 0.333. The number of nitrogens with one attached hydrogen (secondary N) is 1. The van der Waals surface area contributed by atoms with E-state index in [1.807, 2.05) is 20.8 Å². The van der Waals surface area contributed by atoms with Gasteiger partial charge in [0.1, 0.15) is 28.4 Å². The first kappa shape index (κ1) is 25.5. The molecule has 0 aliphatic carbocycles. The van der Waals surface area contributed by atoms with Crippen molar-refractivity contribution in [2.24, 2.45) is 0 Å². The molecule has 8 nitrogen and oxygen atoms in total. The number of hydrogen-bond donors (Lipinski definition) is 1. The summed E-state index contributed by atoms with van der Waals surface area (Å²) < 4.78 is 36.1. The molecule has 0 radical (unpaired) electrons. The zero-order valence-corrected chi connectivity index (χ0v) is 22.7. The average Bonchev–Trinajstić information content (AvgIpc) is 3.21. The molecule has 4 aromatic rings. The predicted octanol–water partition coefficient (Wildman–Crippen LogP) is 6.02. The van der Waals surface area contributed by atoms with Gasteiger partial charge in [-0.25, -0.2) is 18.6 Å². The van der Waals surface area contributed by atoms with Crippen molar-refractivity contribution in [2.75, 3.05) is 30.4 Å². The van der Waals surface area contributed by atoms with Crippen molar-refractivity contribution >= 4 is 51.1 Å². The third-order valence-electron chi connectivity index (χ3n) is 7.27. The Balaban J connectivity index is 1.41. The summed E-state index contributed by atoms with van der Waals surface area (Å²) in [7, 11) is 1.66. The van der Waals surface area contributed by atoms with Crippen molar-refractivity contribution in [2.45, 2.75) is 44.9 Å². The third kappa shape index (κ3) is 4.17. The van der Waals surface area contributed by atoms with Crippen molar-refractivity contribution in [1.82, 2.24) is 19.9 Å². The summed E-state index contributed by atoms with van der Waals surface area (Å²) >= 11 is 6.31. The normalized spacial score (nSPS) is 18.8. The second kappa shape index (κ2) is 9.15. The van der Waals surface area contributed by atoms with Gasteiger partial charge in [0, 0.05) is 37.3 Å². The zero-order chi connectivity index (χ0) is 27.6. The predicted molar refractivity (Wildman–Crippen MR) is 147 cm³/mol. The number of fused-ring (bicyclic) bond motifs is 3. The summed E-state index contributed by atoms with van der Waals surface area (Å²) in [5.41, 5.74) is -0.102. The summed E-state index contributed by atoms with van der Waals surface area (Å²) in [6, 6.07) is 8.07. The van der Waals surface area contributed by atoms with Gasteiger partial charge in [-0.05, 0) is 38.6 Å². The molecule has 0 unspecified atom stereocenters. The smallest absolute Gasteiger partial charge is 0.410 e. The molecule has 39 heavy (non-hydrogen) atoms. The van der Waals surface area contributed by atoms with Crippen LogP contribution in [0.4, 0.5) is 25.3 Å². The number of carbonyl (C=O) groups excluding carboxylic acids is 1. The first-order valence-electron chi connectivity index (χ1n) is 12.7. The van der Waals surface area contributed by atoms with Crippen LogP contribution in [0.2, 0.25) is 5.02 Å². The van der Waals surface area contributed by atoms with Crippen LogP contribution in [0.25, 0.3) is 32.9 Å². The second-order valence-electron chi connectivity index (χ2n) is 10.8. The minimum Gasteiger partial charge on any atom is -0.444 e. The first-order chi connectivity index (χ1) is 18.6. The molecule has 0 saturated carbocycles. The number of likely N-dealkylation sites (tertiary alicyclic amines) is 1. The lowest BCUT2D eigenvalue weighted by Crippen LogP contribution is -2.63. The molecule has 202 valence electrons. The molecular formula is C28H27ClF2N6O2. The number of anilines is 2. The second-order valence-corrected chi connectivity index (χ2v) is 11.2. The lowest BCUT2D eigenvalue weighted by atomic mass is 9.96. The molecule has 2 aliphatic rings. The summed E-state index contributed by atoms with van der Waals surface area (Å²) in [5.74, 6) is -0.457. The van der Waals surface area contributed by atoms with Gasteiger partial charge in [-0.15, -0.1) is 0 Å².